The quantitative estimate of drug-likeness (QED) is 0.245. The molecule has 1 aliphatic rings. The first-order valence-corrected chi connectivity index (χ1v) is 14.0. The molecule has 0 unspecified atom stereocenters. The number of phenolic OH excluding ortho intramolecular Hbond substituents is 1. The molecule has 222 valence electrons. The van der Waals surface area contributed by atoms with Gasteiger partial charge in [-0.05, 0) is 76.0 Å². The number of ether oxygens (including phenoxy) is 1. The van der Waals surface area contributed by atoms with Gasteiger partial charge in [-0.1, -0.05) is 19.6 Å². The summed E-state index contributed by atoms with van der Waals surface area (Å²) >= 11 is 0. The predicted octanol–water partition coefficient (Wildman–Crippen LogP) is 5.54. The van der Waals surface area contributed by atoms with E-state index in [4.69, 9.17) is 4.74 Å². The van der Waals surface area contributed by atoms with E-state index in [9.17, 15) is 14.7 Å². The predicted molar refractivity (Wildman–Crippen MR) is 166 cm³/mol. The van der Waals surface area contributed by atoms with Crippen LogP contribution in [0.4, 0.5) is 33.5 Å². The molecule has 4 rings (SSSR count). The standard InChI is InChI=1S/C31H39N7O4/c1-7-29(40)35-24-15-22(21-11-13-38(8-2)14-12-21)9-10-23(24)34-27-17-28(33-18-32-27)37(5)31(41)36-30-19(3)25(39)16-26(42-6)20(30)4/h7,9-10,15-18,21,39H,1,8,11-14H2,2-6H3,(H,35,40)(H,36,41)(H,32,33,34). The fourth-order valence-electron chi connectivity index (χ4n) is 5.10. The monoisotopic (exact) mass is 573 g/mol. The number of hydrogen-bond donors (Lipinski definition) is 4. The van der Waals surface area contributed by atoms with Crippen molar-refractivity contribution >= 4 is 40.6 Å². The largest absolute Gasteiger partial charge is 0.507 e. The van der Waals surface area contributed by atoms with Crippen LogP contribution in [0.1, 0.15) is 42.4 Å². The first-order chi connectivity index (χ1) is 20.1. The smallest absolute Gasteiger partial charge is 0.327 e. The molecule has 1 aromatic heterocycles. The Morgan fingerprint density at radius 1 is 1.12 bits per heavy atom. The van der Waals surface area contributed by atoms with Gasteiger partial charge in [0.15, 0.2) is 0 Å². The van der Waals surface area contributed by atoms with Gasteiger partial charge in [0.2, 0.25) is 5.91 Å². The van der Waals surface area contributed by atoms with Gasteiger partial charge in [-0.3, -0.25) is 9.69 Å². The first-order valence-electron chi connectivity index (χ1n) is 14.0. The summed E-state index contributed by atoms with van der Waals surface area (Å²) in [6, 6.07) is 8.70. The first kappa shape index (κ1) is 30.3. The Balaban J connectivity index is 1.54. The van der Waals surface area contributed by atoms with Gasteiger partial charge in [0.1, 0.15) is 29.5 Å². The highest BCUT2D eigenvalue weighted by Crippen LogP contribution is 2.36. The van der Waals surface area contributed by atoms with Crippen LogP contribution in [0.25, 0.3) is 0 Å². The number of nitrogens with zero attached hydrogens (tertiary/aromatic N) is 4. The molecule has 0 bridgehead atoms. The minimum atomic E-state index is -0.462. The topological polar surface area (TPSA) is 132 Å². The van der Waals surface area contributed by atoms with E-state index in [-0.39, 0.29) is 11.7 Å². The number of urea groups is 1. The fraction of sp³-hybridized carbons (Fsp3) is 0.355. The van der Waals surface area contributed by atoms with Crippen molar-refractivity contribution in [2.75, 3.05) is 54.6 Å². The molecule has 3 amide bonds. The average molecular weight is 574 g/mol. The number of hydrogen-bond acceptors (Lipinski definition) is 8. The Labute approximate surface area is 246 Å². The lowest BCUT2D eigenvalue weighted by atomic mass is 9.89. The van der Waals surface area contributed by atoms with Gasteiger partial charge >= 0.3 is 6.03 Å². The third-order valence-electron chi connectivity index (χ3n) is 7.78. The van der Waals surface area contributed by atoms with Gasteiger partial charge in [-0.25, -0.2) is 14.8 Å². The van der Waals surface area contributed by atoms with Crippen LogP contribution in [0.5, 0.6) is 11.5 Å². The van der Waals surface area contributed by atoms with Crippen molar-refractivity contribution in [1.29, 1.82) is 0 Å². The molecule has 0 atom stereocenters. The molecular weight excluding hydrogens is 534 g/mol. The summed E-state index contributed by atoms with van der Waals surface area (Å²) in [6.45, 7) is 12.4. The van der Waals surface area contributed by atoms with Crippen molar-refractivity contribution in [3.05, 3.63) is 66.0 Å². The highest BCUT2D eigenvalue weighted by molar-refractivity contribution is 6.03. The molecule has 3 aromatic rings. The summed E-state index contributed by atoms with van der Waals surface area (Å²) < 4.78 is 5.32. The second kappa shape index (κ2) is 13.3. The Kier molecular flexibility index (Phi) is 9.64. The van der Waals surface area contributed by atoms with Crippen LogP contribution in [0.3, 0.4) is 0 Å². The lowest BCUT2D eigenvalue weighted by Crippen LogP contribution is -2.32. The van der Waals surface area contributed by atoms with E-state index in [1.54, 1.807) is 27.0 Å². The summed E-state index contributed by atoms with van der Waals surface area (Å²) in [5.41, 5.74) is 4.10. The zero-order chi connectivity index (χ0) is 30.4. The van der Waals surface area contributed by atoms with Gasteiger partial charge in [0, 0.05) is 30.3 Å². The molecule has 1 saturated heterocycles. The fourth-order valence-corrected chi connectivity index (χ4v) is 5.10. The number of anilines is 5. The van der Waals surface area contributed by atoms with Crippen LogP contribution >= 0.6 is 0 Å². The molecular formula is C31H39N7O4. The molecule has 0 radical (unpaired) electrons. The zero-order valence-electron chi connectivity index (χ0n) is 24.8. The highest BCUT2D eigenvalue weighted by Gasteiger charge is 2.22. The van der Waals surface area contributed by atoms with Crippen molar-refractivity contribution in [2.45, 2.75) is 39.5 Å². The zero-order valence-corrected chi connectivity index (χ0v) is 24.8. The molecule has 0 aliphatic carbocycles. The summed E-state index contributed by atoms with van der Waals surface area (Å²) in [6.07, 6.45) is 4.71. The lowest BCUT2D eigenvalue weighted by Gasteiger charge is -2.31. The van der Waals surface area contributed by atoms with Gasteiger partial charge in [0.25, 0.3) is 0 Å². The van der Waals surface area contributed by atoms with Gasteiger partial charge < -0.3 is 30.7 Å². The Hall–Kier alpha value is -4.64. The maximum Gasteiger partial charge on any atom is 0.327 e. The van der Waals surface area contributed by atoms with Crippen molar-refractivity contribution < 1.29 is 19.4 Å². The number of carbonyl (C=O) groups excluding carboxylic acids is 2. The summed E-state index contributed by atoms with van der Waals surface area (Å²) in [5, 5.41) is 19.3. The number of carbonyl (C=O) groups is 2. The number of rotatable bonds is 9. The van der Waals surface area contributed by atoms with Crippen LogP contribution in [-0.2, 0) is 4.79 Å². The van der Waals surface area contributed by atoms with E-state index in [1.165, 1.54) is 36.0 Å². The minimum absolute atomic E-state index is 0.0145. The Bertz CT molecular complexity index is 1470. The number of amides is 3. The van der Waals surface area contributed by atoms with Gasteiger partial charge in [-0.15, -0.1) is 0 Å². The van der Waals surface area contributed by atoms with Gasteiger partial charge in [0.05, 0.1) is 24.2 Å². The summed E-state index contributed by atoms with van der Waals surface area (Å²) in [4.78, 5) is 37.8. The number of nitrogens with one attached hydrogen (secondary N) is 3. The average Bonchev–Trinajstić information content (AvgIpc) is 3.01. The minimum Gasteiger partial charge on any atom is -0.507 e. The molecule has 1 aliphatic heterocycles. The van der Waals surface area contributed by atoms with E-state index in [0.717, 1.165) is 32.5 Å². The number of methoxy groups -OCH3 is 1. The van der Waals surface area contributed by atoms with Gasteiger partial charge in [-0.2, -0.15) is 0 Å². The Morgan fingerprint density at radius 3 is 2.52 bits per heavy atom. The highest BCUT2D eigenvalue weighted by atomic mass is 16.5. The number of benzene rings is 2. The molecule has 4 N–H and O–H groups in total. The molecule has 0 spiro atoms. The number of piperidine rings is 1. The van der Waals surface area contributed by atoms with E-state index in [2.05, 4.69) is 50.4 Å². The molecule has 11 nitrogen and oxygen atoms in total. The van der Waals surface area contributed by atoms with Crippen molar-refractivity contribution in [2.24, 2.45) is 0 Å². The summed E-state index contributed by atoms with van der Waals surface area (Å²) in [5.74, 6) is 1.34. The number of phenols is 1. The number of aromatic hydroxyl groups is 1. The third kappa shape index (κ3) is 6.80. The maximum atomic E-state index is 13.2. The number of likely N-dealkylation sites (tertiary alicyclic amines) is 1. The molecule has 0 saturated carbocycles. The van der Waals surface area contributed by atoms with Crippen LogP contribution in [-0.4, -0.2) is 65.7 Å². The van der Waals surface area contributed by atoms with E-state index in [0.29, 0.717) is 51.5 Å². The molecule has 1 fully saturated rings. The van der Waals surface area contributed by atoms with Crippen molar-refractivity contribution in [3.63, 3.8) is 0 Å². The molecule has 2 aromatic carbocycles. The Morgan fingerprint density at radius 2 is 1.86 bits per heavy atom. The number of aromatic nitrogens is 2. The van der Waals surface area contributed by atoms with Crippen molar-refractivity contribution in [3.8, 4) is 11.5 Å². The van der Waals surface area contributed by atoms with E-state index in [1.807, 2.05) is 12.1 Å². The SMILES string of the molecule is C=CC(=O)Nc1cc(C2CCN(CC)CC2)ccc1Nc1cc(N(C)C(=O)Nc2c(C)c(O)cc(OC)c2C)ncn1. The molecule has 11 heteroatoms. The normalized spacial score (nSPS) is 13.7. The molecule has 42 heavy (non-hydrogen) atoms. The summed E-state index contributed by atoms with van der Waals surface area (Å²) in [7, 11) is 3.09. The maximum absolute atomic E-state index is 13.2. The van der Waals surface area contributed by atoms with E-state index < -0.39 is 6.03 Å². The third-order valence-corrected chi connectivity index (χ3v) is 7.78. The van der Waals surface area contributed by atoms with Crippen LogP contribution in [0.2, 0.25) is 0 Å². The second-order valence-corrected chi connectivity index (χ2v) is 10.3. The van der Waals surface area contributed by atoms with Crippen LogP contribution in [0, 0.1) is 13.8 Å². The molecule has 2 heterocycles. The van der Waals surface area contributed by atoms with E-state index >= 15 is 0 Å². The lowest BCUT2D eigenvalue weighted by molar-refractivity contribution is -0.111. The van der Waals surface area contributed by atoms with Crippen LogP contribution in [0.15, 0.2) is 49.3 Å². The van der Waals surface area contributed by atoms with Crippen molar-refractivity contribution in [1.82, 2.24) is 14.9 Å². The van der Waals surface area contributed by atoms with Crippen LogP contribution < -0.4 is 25.6 Å². The second-order valence-electron chi connectivity index (χ2n) is 10.3.